The summed E-state index contributed by atoms with van der Waals surface area (Å²) in [7, 11) is 0. The van der Waals surface area contributed by atoms with Crippen LogP contribution in [0.15, 0.2) is 48.2 Å². The highest BCUT2D eigenvalue weighted by Gasteiger charge is 2.43. The zero-order chi connectivity index (χ0) is 19.8. The van der Waals surface area contributed by atoms with Crippen molar-refractivity contribution in [3.63, 3.8) is 0 Å². The monoisotopic (exact) mass is 396 g/mol. The molecule has 28 heavy (non-hydrogen) atoms. The average molecular weight is 397 g/mol. The molecule has 4 rings (SSSR count). The Bertz CT molecular complexity index is 976. The Kier molecular flexibility index (Phi) is 4.96. The largest absolute Gasteiger partial charge is 0.378 e. The summed E-state index contributed by atoms with van der Waals surface area (Å²) in [4.78, 5) is 30.1. The smallest absolute Gasteiger partial charge is 0.282 e. The fraction of sp³-hybridized carbons (Fsp3) is 0.273. The number of morpholine rings is 1. The molecule has 0 radical (unpaired) electrons. The fourth-order valence-corrected chi connectivity index (χ4v) is 3.79. The molecule has 6 heteroatoms. The number of carbonyl (C=O) groups is 2. The normalized spacial score (nSPS) is 17.7. The van der Waals surface area contributed by atoms with Crippen molar-refractivity contribution in [2.24, 2.45) is 0 Å². The molecule has 2 aromatic rings. The SMILES string of the molecule is Cc1ccc(C2=C(N3CCOCC3)C(=O)N(c3cc(Cl)ccc3C)C2=O)cc1. The molecular formula is C22H21ClN2O3. The Morgan fingerprint density at radius 1 is 0.929 bits per heavy atom. The van der Waals surface area contributed by atoms with Gasteiger partial charge in [-0.3, -0.25) is 9.59 Å². The molecule has 5 nitrogen and oxygen atoms in total. The summed E-state index contributed by atoms with van der Waals surface area (Å²) in [5.41, 5.74) is 4.06. The number of amides is 2. The molecule has 1 fully saturated rings. The number of hydrogen-bond donors (Lipinski definition) is 0. The van der Waals surface area contributed by atoms with Crippen LogP contribution < -0.4 is 4.90 Å². The third-order valence-electron chi connectivity index (χ3n) is 5.14. The molecule has 2 heterocycles. The predicted molar refractivity (Wildman–Crippen MR) is 109 cm³/mol. The summed E-state index contributed by atoms with van der Waals surface area (Å²) >= 11 is 6.16. The van der Waals surface area contributed by atoms with E-state index < -0.39 is 0 Å². The van der Waals surface area contributed by atoms with Crippen LogP contribution in [0.3, 0.4) is 0 Å². The lowest BCUT2D eigenvalue weighted by Gasteiger charge is -2.29. The van der Waals surface area contributed by atoms with E-state index in [2.05, 4.69) is 0 Å². The van der Waals surface area contributed by atoms with E-state index in [1.54, 1.807) is 12.1 Å². The van der Waals surface area contributed by atoms with Crippen LogP contribution in [0.25, 0.3) is 5.57 Å². The van der Waals surface area contributed by atoms with Crippen molar-refractivity contribution in [2.45, 2.75) is 13.8 Å². The van der Waals surface area contributed by atoms with Crippen LogP contribution in [0, 0.1) is 13.8 Å². The molecule has 0 atom stereocenters. The van der Waals surface area contributed by atoms with E-state index in [4.69, 9.17) is 16.3 Å². The van der Waals surface area contributed by atoms with Gasteiger partial charge in [-0.15, -0.1) is 0 Å². The van der Waals surface area contributed by atoms with Gasteiger partial charge in [-0.2, -0.15) is 0 Å². The van der Waals surface area contributed by atoms with Crippen molar-refractivity contribution in [1.29, 1.82) is 0 Å². The lowest BCUT2D eigenvalue weighted by atomic mass is 10.0. The number of aryl methyl sites for hydroxylation is 2. The van der Waals surface area contributed by atoms with Gasteiger partial charge in [-0.1, -0.05) is 47.5 Å². The lowest BCUT2D eigenvalue weighted by Crippen LogP contribution is -2.40. The lowest BCUT2D eigenvalue weighted by molar-refractivity contribution is -0.121. The van der Waals surface area contributed by atoms with E-state index in [1.165, 1.54) is 4.90 Å². The zero-order valence-electron chi connectivity index (χ0n) is 15.9. The van der Waals surface area contributed by atoms with E-state index in [0.29, 0.717) is 48.3 Å². The van der Waals surface area contributed by atoms with Crippen LogP contribution in [0.5, 0.6) is 0 Å². The first-order valence-corrected chi connectivity index (χ1v) is 9.64. The van der Waals surface area contributed by atoms with Gasteiger partial charge in [-0.05, 0) is 37.1 Å². The summed E-state index contributed by atoms with van der Waals surface area (Å²) in [6, 6.07) is 12.9. The van der Waals surface area contributed by atoms with Gasteiger partial charge in [0, 0.05) is 18.1 Å². The van der Waals surface area contributed by atoms with Gasteiger partial charge >= 0.3 is 0 Å². The van der Waals surface area contributed by atoms with E-state index in [1.807, 2.05) is 49.1 Å². The highest BCUT2D eigenvalue weighted by molar-refractivity contribution is 6.45. The first-order chi connectivity index (χ1) is 13.5. The van der Waals surface area contributed by atoms with Crippen LogP contribution >= 0.6 is 11.6 Å². The van der Waals surface area contributed by atoms with Gasteiger partial charge < -0.3 is 9.64 Å². The molecule has 0 spiro atoms. The van der Waals surface area contributed by atoms with Crippen LogP contribution in [0.1, 0.15) is 16.7 Å². The molecular weight excluding hydrogens is 376 g/mol. The standard InChI is InChI=1S/C22H21ClN2O3/c1-14-3-6-16(7-4-14)19-20(24-9-11-28-12-10-24)22(27)25(21(19)26)18-13-17(23)8-5-15(18)2/h3-8,13H,9-12H2,1-2H3. The number of rotatable bonds is 3. The Labute approximate surface area is 169 Å². The maximum absolute atomic E-state index is 13.5. The average Bonchev–Trinajstić information content (AvgIpc) is 2.95. The van der Waals surface area contributed by atoms with E-state index >= 15 is 0 Å². The number of anilines is 1. The highest BCUT2D eigenvalue weighted by atomic mass is 35.5. The second kappa shape index (κ2) is 7.41. The Hall–Kier alpha value is -2.63. The first kappa shape index (κ1) is 18.7. The maximum atomic E-state index is 13.5. The Balaban J connectivity index is 1.85. The molecule has 0 saturated carbocycles. The molecule has 0 unspecified atom stereocenters. The van der Waals surface area contributed by atoms with Gasteiger partial charge in [-0.25, -0.2) is 4.90 Å². The second-order valence-corrected chi connectivity index (χ2v) is 7.50. The number of nitrogens with zero attached hydrogens (tertiary/aromatic N) is 2. The van der Waals surface area contributed by atoms with Crippen LogP contribution in [0.4, 0.5) is 5.69 Å². The molecule has 2 aliphatic rings. The van der Waals surface area contributed by atoms with Gasteiger partial charge in [0.25, 0.3) is 11.8 Å². The summed E-state index contributed by atoms with van der Waals surface area (Å²) < 4.78 is 5.43. The number of halogens is 1. The summed E-state index contributed by atoms with van der Waals surface area (Å²) in [5.74, 6) is -0.631. The van der Waals surface area contributed by atoms with E-state index in [0.717, 1.165) is 16.7 Å². The summed E-state index contributed by atoms with van der Waals surface area (Å²) in [6.07, 6.45) is 0. The second-order valence-electron chi connectivity index (χ2n) is 7.07. The number of hydrogen-bond acceptors (Lipinski definition) is 4. The number of carbonyl (C=O) groups excluding carboxylic acids is 2. The molecule has 0 N–H and O–H groups in total. The Morgan fingerprint density at radius 2 is 1.61 bits per heavy atom. The molecule has 0 aliphatic carbocycles. The molecule has 0 bridgehead atoms. The highest BCUT2D eigenvalue weighted by Crippen LogP contribution is 2.37. The topological polar surface area (TPSA) is 49.9 Å². The van der Waals surface area contributed by atoms with Crippen LogP contribution in [-0.4, -0.2) is 43.0 Å². The first-order valence-electron chi connectivity index (χ1n) is 9.26. The van der Waals surface area contributed by atoms with Crippen LogP contribution in [0.2, 0.25) is 5.02 Å². The number of benzene rings is 2. The molecule has 2 aliphatic heterocycles. The van der Waals surface area contributed by atoms with Crippen molar-refractivity contribution in [2.75, 3.05) is 31.2 Å². The molecule has 144 valence electrons. The fourth-order valence-electron chi connectivity index (χ4n) is 3.62. The van der Waals surface area contributed by atoms with Gasteiger partial charge in [0.15, 0.2) is 0 Å². The minimum atomic E-state index is -0.319. The summed E-state index contributed by atoms with van der Waals surface area (Å²) in [6.45, 7) is 6.07. The van der Waals surface area contributed by atoms with Gasteiger partial charge in [0.1, 0.15) is 5.70 Å². The molecule has 2 aromatic carbocycles. The molecule has 2 amide bonds. The number of imide groups is 1. The van der Waals surface area contributed by atoms with E-state index in [9.17, 15) is 9.59 Å². The van der Waals surface area contributed by atoms with Gasteiger partial charge in [0.2, 0.25) is 0 Å². The zero-order valence-corrected chi connectivity index (χ0v) is 16.6. The predicted octanol–water partition coefficient (Wildman–Crippen LogP) is 3.57. The van der Waals surface area contributed by atoms with Crippen molar-refractivity contribution in [3.05, 3.63) is 69.9 Å². The van der Waals surface area contributed by atoms with Crippen LogP contribution in [-0.2, 0) is 14.3 Å². The maximum Gasteiger partial charge on any atom is 0.282 e. The summed E-state index contributed by atoms with van der Waals surface area (Å²) in [5, 5.41) is 0.484. The minimum absolute atomic E-state index is 0.312. The molecule has 0 aromatic heterocycles. The van der Waals surface area contributed by atoms with Crippen molar-refractivity contribution >= 4 is 34.7 Å². The van der Waals surface area contributed by atoms with Crippen molar-refractivity contribution in [1.82, 2.24) is 4.90 Å². The van der Waals surface area contributed by atoms with Gasteiger partial charge in [0.05, 0.1) is 24.5 Å². The number of ether oxygens (including phenoxy) is 1. The minimum Gasteiger partial charge on any atom is -0.378 e. The third kappa shape index (κ3) is 3.21. The third-order valence-corrected chi connectivity index (χ3v) is 5.37. The molecule has 1 saturated heterocycles. The van der Waals surface area contributed by atoms with Crippen molar-refractivity contribution < 1.29 is 14.3 Å². The van der Waals surface area contributed by atoms with E-state index in [-0.39, 0.29) is 11.8 Å². The quantitative estimate of drug-likeness (QED) is 0.744. The van der Waals surface area contributed by atoms with Crippen molar-refractivity contribution in [3.8, 4) is 0 Å². The Morgan fingerprint density at radius 3 is 2.29 bits per heavy atom.